The van der Waals surface area contributed by atoms with E-state index >= 15 is 14.4 Å². The van der Waals surface area contributed by atoms with E-state index < -0.39 is 144 Å². The number of hydrogen-bond donors (Lipinski definition) is 25. The van der Waals surface area contributed by atoms with E-state index in [1.165, 1.54) is 24.3 Å². The molecular formula is C71H109N23O15. The first-order chi connectivity index (χ1) is 51.7. The summed E-state index contributed by atoms with van der Waals surface area (Å²) in [5.74, 6) is -10.9. The lowest BCUT2D eigenvalue weighted by Gasteiger charge is -2.29. The number of fused-ring (bicyclic) bond motifs is 1. The predicted octanol–water partition coefficient (Wildman–Crippen LogP) is -2.36. The Balaban J connectivity index is 1.73. The number of rotatable bonds is 49. The van der Waals surface area contributed by atoms with Crippen LogP contribution < -0.4 is 109 Å². The van der Waals surface area contributed by atoms with Gasteiger partial charge >= 0.3 is 24.1 Å². The number of carbonyl (C=O) groups is 13. The van der Waals surface area contributed by atoms with Crippen LogP contribution in [0, 0.1) is 22.7 Å². The molecular weight excluding hydrogens is 1410 g/mol. The molecule has 1 heterocycles. The Morgan fingerprint density at radius 3 is 1.11 bits per heavy atom. The highest BCUT2D eigenvalue weighted by atomic mass is 16.4. The van der Waals surface area contributed by atoms with Crippen molar-refractivity contribution in [3.05, 3.63) is 102 Å². The van der Waals surface area contributed by atoms with Gasteiger partial charge in [-0.15, -0.1) is 0 Å². The highest BCUT2D eigenvalue weighted by Crippen LogP contribution is 2.21. The lowest BCUT2D eigenvalue weighted by molar-refractivity contribution is -0.142. The van der Waals surface area contributed by atoms with Crippen LogP contribution in [0.4, 0.5) is 14.4 Å². The molecule has 10 atom stereocenters. The first-order valence-electron chi connectivity index (χ1n) is 36.0. The Morgan fingerprint density at radius 2 is 0.706 bits per heavy atom. The Kier molecular flexibility index (Phi) is 38.4. The van der Waals surface area contributed by atoms with E-state index in [4.69, 9.17) is 45.2 Å². The molecule has 4 rings (SSSR count). The molecule has 38 nitrogen and oxygen atoms in total. The maximum absolute atomic E-state index is 15.2. The number of aliphatic carboxylic acids is 1. The average molecular weight is 1520 g/mol. The molecule has 0 unspecified atom stereocenters. The van der Waals surface area contributed by atoms with Gasteiger partial charge in [-0.1, -0.05) is 88.4 Å². The molecule has 0 aliphatic rings. The molecule has 109 heavy (non-hydrogen) atoms. The summed E-state index contributed by atoms with van der Waals surface area (Å²) < 4.78 is 0. The molecule has 4 aromatic rings. The van der Waals surface area contributed by atoms with Gasteiger partial charge in [0.25, 0.3) is 0 Å². The fourth-order valence-corrected chi connectivity index (χ4v) is 11.6. The van der Waals surface area contributed by atoms with Gasteiger partial charge in [-0.25, -0.2) is 19.2 Å². The van der Waals surface area contributed by atoms with E-state index in [1.807, 2.05) is 0 Å². The number of aromatic amines is 1. The molecule has 0 saturated heterocycles. The highest BCUT2D eigenvalue weighted by Gasteiger charge is 2.37. The molecule has 0 fully saturated rings. The number of nitrogens with one attached hydrogen (secondary N) is 17. The van der Waals surface area contributed by atoms with Crippen molar-refractivity contribution >= 4 is 100 Å². The Hall–Kier alpha value is -12.0. The summed E-state index contributed by atoms with van der Waals surface area (Å²) >= 11 is 0. The van der Waals surface area contributed by atoms with Crippen molar-refractivity contribution in [3.63, 3.8) is 0 Å². The molecule has 15 amide bonds. The summed E-state index contributed by atoms with van der Waals surface area (Å²) in [6.45, 7) is 7.13. The monoisotopic (exact) mass is 1520 g/mol. The molecule has 3 aromatic carbocycles. The summed E-state index contributed by atoms with van der Waals surface area (Å²) in [4.78, 5) is 182. The topological polar surface area (TPSA) is 650 Å². The van der Waals surface area contributed by atoms with Gasteiger partial charge in [0.15, 0.2) is 11.9 Å². The van der Waals surface area contributed by atoms with E-state index in [1.54, 1.807) is 88.5 Å². The van der Waals surface area contributed by atoms with Crippen molar-refractivity contribution in [3.8, 4) is 5.75 Å². The number of carboxylic acid groups (broad SMARTS) is 1. The first-order valence-corrected chi connectivity index (χ1v) is 36.0. The second-order valence-electron chi connectivity index (χ2n) is 27.1. The van der Waals surface area contributed by atoms with Crippen molar-refractivity contribution in [2.45, 2.75) is 184 Å². The van der Waals surface area contributed by atoms with Crippen LogP contribution in [0.2, 0.25) is 0 Å². The van der Waals surface area contributed by atoms with Gasteiger partial charge in [-0.2, -0.15) is 0 Å². The molecule has 0 aliphatic heterocycles. The average Bonchev–Trinajstić information content (AvgIpc) is 1.68. The number of aromatic nitrogens is 1. The van der Waals surface area contributed by atoms with Crippen LogP contribution in [-0.2, 0) is 67.2 Å². The van der Waals surface area contributed by atoms with Crippen LogP contribution in [0.25, 0.3) is 10.9 Å². The number of guanidine groups is 2. The number of para-hydroxylation sites is 1. The summed E-state index contributed by atoms with van der Waals surface area (Å²) in [5.41, 5.74) is 35.2. The smallest absolute Gasteiger partial charge is 0.326 e. The van der Waals surface area contributed by atoms with Crippen LogP contribution in [-0.4, -0.2) is 197 Å². The number of benzene rings is 3. The minimum atomic E-state index is -1.60. The minimum Gasteiger partial charge on any atom is -0.508 e. The lowest BCUT2D eigenvalue weighted by atomic mass is 9.99. The number of phenolic OH excluding ortho intramolecular Hbond substituents is 1. The quantitative estimate of drug-likeness (QED) is 0.0125. The van der Waals surface area contributed by atoms with Crippen molar-refractivity contribution in [1.82, 2.24) is 79.4 Å². The molecule has 1 aromatic heterocycles. The third-order valence-corrected chi connectivity index (χ3v) is 17.1. The number of urea groups is 3. The van der Waals surface area contributed by atoms with Gasteiger partial charge in [0.05, 0.1) is 6.04 Å². The number of aromatic hydroxyl groups is 1. The number of carbonyl (C=O) groups excluding carboxylic acids is 12. The molecule has 598 valence electrons. The minimum absolute atomic E-state index is 0.00278. The zero-order valence-electron chi connectivity index (χ0n) is 61.8. The SMILES string of the molecule is CC(C)C[C@H](NC(=O)[C@H](CCCNC(=N)N)NC(=O)[C@H](Cc1c[nH]c2ccccc12)NC(=O)[C@H](CC(C)C)NC(=O)[C@H](CCCNC(N)=O)NC(=O)[C@@H](N)CCCNC(=N)N)C(=O)N[C@@H](Cc1ccc(O)cc1)C(=O)N[C@@H](CCCNC(N)=O)C(=O)N[C@@H](CCCNC(N)=O)C(=O)N[C@@H](Cc1ccccc1)C(=O)O. The third-order valence-electron chi connectivity index (χ3n) is 17.1. The molecule has 31 N–H and O–H groups in total. The summed E-state index contributed by atoms with van der Waals surface area (Å²) in [6.07, 6.45) is 0.847. The summed E-state index contributed by atoms with van der Waals surface area (Å²) in [6, 6.07) is 4.00. The van der Waals surface area contributed by atoms with Crippen LogP contribution in [0.15, 0.2) is 85.1 Å². The fraction of sp³-hybridized carbons (Fsp3) is 0.507. The van der Waals surface area contributed by atoms with Gasteiger partial charge in [0.2, 0.25) is 53.2 Å². The predicted molar refractivity (Wildman–Crippen MR) is 405 cm³/mol. The third kappa shape index (κ3) is 34.4. The van der Waals surface area contributed by atoms with E-state index in [0.717, 1.165) is 0 Å². The van der Waals surface area contributed by atoms with Crippen molar-refractivity contribution in [2.75, 3.05) is 32.7 Å². The number of hydrogen-bond acceptors (Lipinski definition) is 17. The summed E-state index contributed by atoms with van der Waals surface area (Å²) in [7, 11) is 0. The second-order valence-corrected chi connectivity index (χ2v) is 27.1. The highest BCUT2D eigenvalue weighted by molar-refractivity contribution is 5.99. The Labute approximate surface area is 631 Å². The maximum atomic E-state index is 15.2. The lowest BCUT2D eigenvalue weighted by Crippen LogP contribution is -2.61. The first kappa shape index (κ1) is 89.4. The molecule has 0 saturated carbocycles. The standard InChI is InChI=1S/C71H109N23O15/c1-39(2)33-52(62(101)92-54(35-42-24-26-44(95)27-25-42)64(103)88-49(22-13-31-83-70(78)108)58(97)87-51(23-14-32-84-71(79)109)61(100)94-56(66(105)106)36-41-15-6-5-7-16-41)91-60(99)50(20-11-29-81-68(75)76)89-65(104)55(37-43-38-85-47-19-9-8-17-45(43)47)93-63(102)53(34-40(3)4)90-59(98)48(21-12-30-82-69(77)107)86-57(96)46(72)18-10-28-80-67(73)74/h5-9,15-17,19,24-27,38-40,46,48-56,85,95H,10-14,18,20-23,28-37,72H2,1-4H3,(H,86,96)(H,87,97)(H,88,103)(H,89,104)(H,90,98)(H,91,99)(H,92,101)(H,93,102)(H,94,100)(H,105,106)(H4,73,74,80)(H4,75,76,81)(H3,77,82,107)(H3,78,83,108)(H3,79,84,109)/t46-,48-,49-,50-,51-,52-,53-,54-,55-,56-/m0/s1. The van der Waals surface area contributed by atoms with Crippen molar-refractivity contribution in [2.24, 2.45) is 46.2 Å². The van der Waals surface area contributed by atoms with E-state index in [-0.39, 0.29) is 146 Å². The molecule has 0 aliphatic carbocycles. The molecule has 38 heteroatoms. The molecule has 0 spiro atoms. The Bertz CT molecular complexity index is 3710. The van der Waals surface area contributed by atoms with Crippen LogP contribution in [0.1, 0.15) is 121 Å². The second kappa shape index (κ2) is 46.9. The largest absolute Gasteiger partial charge is 0.508 e. The maximum Gasteiger partial charge on any atom is 0.326 e. The zero-order valence-corrected chi connectivity index (χ0v) is 61.8. The number of primary amides is 3. The van der Waals surface area contributed by atoms with E-state index in [0.29, 0.717) is 34.0 Å². The van der Waals surface area contributed by atoms with Gasteiger partial charge < -0.3 is 124 Å². The number of nitrogens with two attached hydrogens (primary N) is 6. The van der Waals surface area contributed by atoms with E-state index in [9.17, 15) is 58.2 Å². The van der Waals surface area contributed by atoms with E-state index in [2.05, 4.69) is 79.4 Å². The van der Waals surface area contributed by atoms with Crippen LogP contribution in [0.3, 0.4) is 0 Å². The number of H-pyrrole nitrogens is 1. The van der Waals surface area contributed by atoms with Crippen LogP contribution >= 0.6 is 0 Å². The van der Waals surface area contributed by atoms with Crippen LogP contribution in [0.5, 0.6) is 5.75 Å². The zero-order chi connectivity index (χ0) is 80.7. The normalized spacial score (nSPS) is 13.8. The molecule has 0 radical (unpaired) electrons. The molecule has 0 bridgehead atoms. The fourth-order valence-electron chi connectivity index (χ4n) is 11.6. The van der Waals surface area contributed by atoms with Gasteiger partial charge in [0, 0.05) is 69.1 Å². The number of carboxylic acids is 1. The van der Waals surface area contributed by atoms with Crippen molar-refractivity contribution in [1.29, 1.82) is 10.8 Å². The van der Waals surface area contributed by atoms with Crippen molar-refractivity contribution < 1.29 is 72.5 Å². The number of phenols is 1. The summed E-state index contributed by atoms with van der Waals surface area (Å²) in [5, 5.41) is 72.9. The van der Waals surface area contributed by atoms with Gasteiger partial charge in [-0.05, 0) is 124 Å². The Morgan fingerprint density at radius 1 is 0.385 bits per heavy atom. The van der Waals surface area contributed by atoms with Gasteiger partial charge in [0.1, 0.15) is 60.1 Å². The van der Waals surface area contributed by atoms with Gasteiger partial charge in [-0.3, -0.25) is 54.0 Å². The number of amides is 15.